The topological polar surface area (TPSA) is 9.23 Å². The maximum absolute atomic E-state index is 7.07. The molecule has 0 saturated heterocycles. The van der Waals surface area contributed by atoms with Crippen LogP contribution in [0, 0.1) is 0 Å². The molecule has 0 N–H and O–H groups in total. The van der Waals surface area contributed by atoms with Crippen LogP contribution in [0.1, 0.15) is 169 Å². The third-order valence-electron chi connectivity index (χ3n) is 7.36. The summed E-state index contributed by atoms with van der Waals surface area (Å²) in [6.45, 7) is 10.4. The molecule has 0 aromatic rings. The summed E-state index contributed by atoms with van der Waals surface area (Å²) in [6.07, 6.45) is 31.3. The summed E-state index contributed by atoms with van der Waals surface area (Å²) in [6, 6.07) is 0. The molecule has 0 fully saturated rings. The van der Waals surface area contributed by atoms with E-state index in [2.05, 4.69) is 27.7 Å². The fourth-order valence-corrected chi connectivity index (χ4v) is 17.8. The molecule has 0 aromatic heterocycles. The predicted molar refractivity (Wildman–Crippen MR) is 150 cm³/mol. The maximum atomic E-state index is 7.07. The Balaban J connectivity index is 4.72. The minimum atomic E-state index is -2.46. The van der Waals surface area contributed by atoms with Gasteiger partial charge in [-0.15, -0.1) is 0 Å². The Kier molecular flexibility index (Phi) is 27.0. The zero-order valence-corrected chi connectivity index (χ0v) is 26.1. The molecule has 2 heteroatoms. The van der Waals surface area contributed by atoms with Crippen LogP contribution in [0.15, 0.2) is 0 Å². The number of unbranched alkanes of at least 4 members (excludes halogenated alkanes) is 18. The van der Waals surface area contributed by atoms with Gasteiger partial charge in [0.2, 0.25) is 0 Å². The van der Waals surface area contributed by atoms with Crippen LogP contribution < -0.4 is 0 Å². The third-order valence-corrected chi connectivity index (χ3v) is 20.5. The third kappa shape index (κ3) is 21.3. The van der Waals surface area contributed by atoms with Crippen LogP contribution in [0.25, 0.3) is 0 Å². The molecule has 0 heterocycles. The molecule has 194 valence electrons. The van der Waals surface area contributed by atoms with E-state index in [1.54, 1.807) is 0 Å². The van der Waals surface area contributed by atoms with E-state index in [1.807, 2.05) is 0 Å². The van der Waals surface area contributed by atoms with Crippen LogP contribution in [0.3, 0.4) is 0 Å². The molecule has 0 spiro atoms. The van der Waals surface area contributed by atoms with Crippen LogP contribution in [0.4, 0.5) is 0 Å². The Morgan fingerprint density at radius 2 is 0.625 bits per heavy atom. The van der Waals surface area contributed by atoms with E-state index in [-0.39, 0.29) is 0 Å². The number of rotatable bonds is 27. The summed E-state index contributed by atoms with van der Waals surface area (Å²) < 4.78 is 11.6. The predicted octanol–water partition coefficient (Wildman–Crippen LogP) is 11.6. The first-order valence-electron chi connectivity index (χ1n) is 15.4. The summed E-state index contributed by atoms with van der Waals surface area (Å²) in [5, 5.41) is 0. The monoisotopic (exact) mass is 560 g/mol. The van der Waals surface area contributed by atoms with Crippen molar-refractivity contribution >= 4 is 18.8 Å². The van der Waals surface area contributed by atoms with Gasteiger partial charge in [-0.25, -0.2) is 0 Å². The van der Waals surface area contributed by atoms with Crippen molar-refractivity contribution in [2.24, 2.45) is 0 Å². The van der Waals surface area contributed by atoms with E-state index in [0.717, 1.165) is 6.61 Å². The van der Waals surface area contributed by atoms with E-state index in [4.69, 9.17) is 3.07 Å². The fraction of sp³-hybridized carbons (Fsp3) is 1.00. The molecule has 0 aromatic carbocycles. The standard InChI is InChI=1S/3C8H17.C6H13O.Sn/c3*1-3-5-7-8-6-4-2;1-2-3-4-5-6-7;/h3*1,3-8H2,2H3;2-6H2,1H3;/q;;;-1;+1. The fourth-order valence-electron chi connectivity index (χ4n) is 5.09. The normalized spacial score (nSPS) is 12.0. The first-order valence-corrected chi connectivity index (χ1v) is 22.6. The minimum absolute atomic E-state index is 1.09. The number of hydrogen-bond acceptors (Lipinski definition) is 1. The van der Waals surface area contributed by atoms with Crippen LogP contribution in [-0.2, 0) is 3.07 Å². The second-order valence-corrected chi connectivity index (χ2v) is 22.5. The summed E-state index contributed by atoms with van der Waals surface area (Å²) in [4.78, 5) is 0. The molecule has 0 atom stereocenters. The first-order chi connectivity index (χ1) is 15.7. The van der Waals surface area contributed by atoms with E-state index in [9.17, 15) is 0 Å². The van der Waals surface area contributed by atoms with Crippen molar-refractivity contribution in [3.8, 4) is 0 Å². The molecule has 1 nitrogen and oxygen atoms in total. The van der Waals surface area contributed by atoms with Crippen LogP contribution >= 0.6 is 0 Å². The van der Waals surface area contributed by atoms with Gasteiger partial charge in [0.25, 0.3) is 0 Å². The zero-order chi connectivity index (χ0) is 23.6. The molecule has 0 amide bonds. The second kappa shape index (κ2) is 26.4. The van der Waals surface area contributed by atoms with Crippen molar-refractivity contribution in [1.82, 2.24) is 0 Å². The molecule has 0 rings (SSSR count). The van der Waals surface area contributed by atoms with Gasteiger partial charge in [0.15, 0.2) is 0 Å². The van der Waals surface area contributed by atoms with Crippen molar-refractivity contribution in [2.75, 3.05) is 6.61 Å². The van der Waals surface area contributed by atoms with Crippen molar-refractivity contribution in [2.45, 2.75) is 182 Å². The van der Waals surface area contributed by atoms with Crippen LogP contribution in [0.5, 0.6) is 0 Å². The van der Waals surface area contributed by atoms with Crippen molar-refractivity contribution in [3.63, 3.8) is 0 Å². The van der Waals surface area contributed by atoms with Gasteiger partial charge in [-0.2, -0.15) is 0 Å². The van der Waals surface area contributed by atoms with Gasteiger partial charge in [-0.3, -0.25) is 0 Å². The molecular weight excluding hydrogens is 495 g/mol. The first kappa shape index (κ1) is 32.8. The van der Waals surface area contributed by atoms with Gasteiger partial charge in [-0.1, -0.05) is 0 Å². The number of hydrogen-bond donors (Lipinski definition) is 0. The van der Waals surface area contributed by atoms with Crippen LogP contribution in [-0.4, -0.2) is 25.4 Å². The molecule has 32 heavy (non-hydrogen) atoms. The SMILES string of the molecule is CCCCCCC[CH2][Sn]([CH2]CCCCCCC)([CH2]CCCCCCC)[O]CCCCCC. The average molecular weight is 560 g/mol. The van der Waals surface area contributed by atoms with E-state index in [0.29, 0.717) is 0 Å². The average Bonchev–Trinajstić information content (AvgIpc) is 2.80. The molecule has 0 bridgehead atoms. The van der Waals surface area contributed by atoms with Crippen molar-refractivity contribution in [1.29, 1.82) is 0 Å². The van der Waals surface area contributed by atoms with Gasteiger partial charge in [0.05, 0.1) is 0 Å². The van der Waals surface area contributed by atoms with Gasteiger partial charge >= 0.3 is 211 Å². The molecule has 0 radical (unpaired) electrons. The van der Waals surface area contributed by atoms with Gasteiger partial charge < -0.3 is 0 Å². The van der Waals surface area contributed by atoms with Crippen LogP contribution in [0.2, 0.25) is 13.3 Å². The molecule has 0 aliphatic rings. The Labute approximate surface area is 210 Å². The quantitative estimate of drug-likeness (QED) is 0.0719. The second-order valence-electron chi connectivity index (χ2n) is 10.6. The van der Waals surface area contributed by atoms with Gasteiger partial charge in [0, 0.05) is 0 Å². The van der Waals surface area contributed by atoms with Gasteiger partial charge in [-0.05, 0) is 0 Å². The van der Waals surface area contributed by atoms with Gasteiger partial charge in [0.1, 0.15) is 0 Å². The van der Waals surface area contributed by atoms with E-state index >= 15 is 0 Å². The van der Waals surface area contributed by atoms with E-state index in [1.165, 1.54) is 155 Å². The molecule has 0 saturated carbocycles. The van der Waals surface area contributed by atoms with Crippen molar-refractivity contribution in [3.05, 3.63) is 0 Å². The Bertz CT molecular complexity index is 303. The molecular formula is C30H64OSn. The summed E-state index contributed by atoms with van der Waals surface area (Å²) in [5.41, 5.74) is 0. The Morgan fingerprint density at radius 3 is 0.969 bits per heavy atom. The Hall–Kier alpha value is 0.759. The Morgan fingerprint density at radius 1 is 0.344 bits per heavy atom. The molecule has 0 aliphatic carbocycles. The van der Waals surface area contributed by atoms with E-state index < -0.39 is 18.8 Å². The van der Waals surface area contributed by atoms with Crippen molar-refractivity contribution < 1.29 is 3.07 Å². The molecule has 0 aliphatic heterocycles. The summed E-state index contributed by atoms with van der Waals surface area (Å²) >= 11 is -2.46. The molecule has 0 unspecified atom stereocenters. The zero-order valence-electron chi connectivity index (χ0n) is 23.3. The summed E-state index contributed by atoms with van der Waals surface area (Å²) in [5.74, 6) is 0. The summed E-state index contributed by atoms with van der Waals surface area (Å²) in [7, 11) is 0.